The van der Waals surface area contributed by atoms with Crippen LogP contribution in [0.15, 0.2) is 88.3 Å². The molecule has 0 amide bonds. The van der Waals surface area contributed by atoms with Crippen molar-refractivity contribution in [3.63, 3.8) is 0 Å². The quantitative estimate of drug-likeness (QED) is 0.289. The first-order chi connectivity index (χ1) is 17.9. The summed E-state index contributed by atoms with van der Waals surface area (Å²) in [7, 11) is 2.89. The zero-order valence-corrected chi connectivity index (χ0v) is 20.2. The van der Waals surface area contributed by atoms with Crippen molar-refractivity contribution in [3.05, 3.63) is 100 Å². The number of rotatable bonds is 6. The molecular weight excluding hydrogens is 472 g/mol. The van der Waals surface area contributed by atoms with Crippen molar-refractivity contribution in [2.24, 2.45) is 0 Å². The van der Waals surface area contributed by atoms with Crippen LogP contribution in [0.4, 0.5) is 0 Å². The lowest BCUT2D eigenvalue weighted by Crippen LogP contribution is -2.13. The number of fused-ring (bicyclic) bond motifs is 2. The largest absolute Gasteiger partial charge is 0.508 e. The zero-order chi connectivity index (χ0) is 26.1. The molecule has 0 fully saturated rings. The number of methoxy groups -OCH3 is 2. The van der Waals surface area contributed by atoms with Crippen LogP contribution in [0.2, 0.25) is 0 Å². The van der Waals surface area contributed by atoms with Crippen molar-refractivity contribution in [3.8, 4) is 28.4 Å². The molecule has 7 heteroatoms. The van der Waals surface area contributed by atoms with Crippen LogP contribution in [0.25, 0.3) is 32.9 Å². The second-order valence-electron chi connectivity index (χ2n) is 8.64. The van der Waals surface area contributed by atoms with Crippen molar-refractivity contribution in [1.82, 2.24) is 0 Å². The Labute approximate surface area is 212 Å². The fourth-order valence-electron chi connectivity index (χ4n) is 4.78. The molecule has 2 N–H and O–H groups in total. The summed E-state index contributed by atoms with van der Waals surface area (Å²) < 4.78 is 16.5. The third-order valence-corrected chi connectivity index (χ3v) is 6.60. The summed E-state index contributed by atoms with van der Waals surface area (Å²) in [5.41, 5.74) is 1.83. The summed E-state index contributed by atoms with van der Waals surface area (Å²) in [5.74, 6) is -0.525. The van der Waals surface area contributed by atoms with Gasteiger partial charge in [-0.2, -0.15) is 0 Å². The van der Waals surface area contributed by atoms with Crippen molar-refractivity contribution in [1.29, 1.82) is 0 Å². The van der Waals surface area contributed by atoms with Crippen molar-refractivity contribution < 1.29 is 28.9 Å². The number of esters is 1. The van der Waals surface area contributed by atoms with E-state index in [9.17, 15) is 19.8 Å². The molecule has 186 valence electrons. The topological polar surface area (TPSA) is 106 Å². The van der Waals surface area contributed by atoms with Crippen LogP contribution in [0, 0.1) is 0 Å². The first-order valence-corrected chi connectivity index (χ1v) is 11.6. The molecule has 7 nitrogen and oxygen atoms in total. The Balaban J connectivity index is 1.77. The third-order valence-electron chi connectivity index (χ3n) is 6.60. The minimum atomic E-state index is -0.686. The van der Waals surface area contributed by atoms with Crippen molar-refractivity contribution in [2.75, 3.05) is 14.2 Å². The van der Waals surface area contributed by atoms with Crippen molar-refractivity contribution in [2.45, 2.75) is 12.3 Å². The normalized spacial score (nSPS) is 11.9. The monoisotopic (exact) mass is 496 g/mol. The summed E-state index contributed by atoms with van der Waals surface area (Å²) in [5, 5.41) is 22.6. The number of carbonyl (C=O) groups is 1. The van der Waals surface area contributed by atoms with Gasteiger partial charge in [0.05, 0.1) is 31.6 Å². The predicted octanol–water partition coefficient (Wildman–Crippen LogP) is 5.73. The summed E-state index contributed by atoms with van der Waals surface area (Å²) in [4.78, 5) is 26.1. The molecule has 0 aliphatic carbocycles. The van der Waals surface area contributed by atoms with E-state index in [0.29, 0.717) is 22.4 Å². The van der Waals surface area contributed by atoms with Gasteiger partial charge in [0, 0.05) is 16.9 Å². The molecule has 5 aromatic rings. The van der Waals surface area contributed by atoms with Crippen LogP contribution in [-0.2, 0) is 9.53 Å². The SMILES string of the molecule is COC(=O)C[C@@H](c1ccc(OC)c2ccccc12)c1c(O)ccc2c(=O)c(-c3ccc(O)cc3)coc12. The molecular formula is C30H24O7. The maximum atomic E-state index is 13.5. The fourth-order valence-corrected chi connectivity index (χ4v) is 4.78. The van der Waals surface area contributed by atoms with Crippen LogP contribution in [0.5, 0.6) is 17.2 Å². The minimum absolute atomic E-state index is 0.0819. The molecule has 1 aromatic heterocycles. The van der Waals surface area contributed by atoms with E-state index in [4.69, 9.17) is 13.9 Å². The van der Waals surface area contributed by atoms with E-state index in [-0.39, 0.29) is 34.3 Å². The standard InChI is InChI=1S/C30H24O7/c1-35-26-14-12-20(19-5-3-4-6-21(19)26)23(15-27(33)36-2)28-25(32)13-11-22-29(34)24(16-37-30(22)28)17-7-9-18(31)10-8-17/h3-14,16,23,31-32H,15H2,1-2H3/t23-/m0/s1. The van der Waals surface area contributed by atoms with E-state index in [1.165, 1.54) is 37.6 Å². The molecule has 1 atom stereocenters. The average molecular weight is 497 g/mol. The van der Waals surface area contributed by atoms with Crippen molar-refractivity contribution >= 4 is 27.7 Å². The molecule has 0 saturated carbocycles. The Kier molecular flexibility index (Phi) is 6.27. The number of ether oxygens (including phenoxy) is 2. The van der Waals surface area contributed by atoms with E-state index in [1.807, 2.05) is 36.4 Å². The van der Waals surface area contributed by atoms with E-state index in [2.05, 4.69) is 0 Å². The molecule has 37 heavy (non-hydrogen) atoms. The van der Waals surface area contributed by atoms with Gasteiger partial charge in [0.2, 0.25) is 5.43 Å². The van der Waals surface area contributed by atoms with Crippen LogP contribution < -0.4 is 10.2 Å². The van der Waals surface area contributed by atoms with Gasteiger partial charge in [-0.05, 0) is 46.8 Å². The number of hydrogen-bond donors (Lipinski definition) is 2. The van der Waals surface area contributed by atoms with E-state index in [0.717, 1.165) is 16.3 Å². The highest BCUT2D eigenvalue weighted by Gasteiger charge is 2.28. The van der Waals surface area contributed by atoms with Crippen LogP contribution >= 0.6 is 0 Å². The highest BCUT2D eigenvalue weighted by molar-refractivity contribution is 5.94. The molecule has 0 aliphatic rings. The maximum absolute atomic E-state index is 13.5. The number of carbonyl (C=O) groups excluding carboxylic acids is 1. The lowest BCUT2D eigenvalue weighted by atomic mass is 9.84. The van der Waals surface area contributed by atoms with Gasteiger partial charge in [-0.1, -0.05) is 42.5 Å². The van der Waals surface area contributed by atoms with Gasteiger partial charge < -0.3 is 24.1 Å². The maximum Gasteiger partial charge on any atom is 0.306 e. The van der Waals surface area contributed by atoms with Gasteiger partial charge >= 0.3 is 5.97 Å². The average Bonchev–Trinajstić information content (AvgIpc) is 2.92. The first-order valence-electron chi connectivity index (χ1n) is 11.6. The summed E-state index contributed by atoms with van der Waals surface area (Å²) >= 11 is 0. The van der Waals surface area contributed by atoms with Gasteiger partial charge in [-0.3, -0.25) is 9.59 Å². The summed E-state index contributed by atoms with van der Waals surface area (Å²) in [6, 6.07) is 20.4. The summed E-state index contributed by atoms with van der Waals surface area (Å²) in [6.07, 6.45) is 1.24. The lowest BCUT2D eigenvalue weighted by Gasteiger charge is -2.22. The van der Waals surface area contributed by atoms with E-state index in [1.54, 1.807) is 19.2 Å². The molecule has 0 unspecified atom stereocenters. The van der Waals surface area contributed by atoms with Gasteiger partial charge in [0.1, 0.15) is 29.1 Å². The lowest BCUT2D eigenvalue weighted by molar-refractivity contribution is -0.140. The number of hydrogen-bond acceptors (Lipinski definition) is 7. The third kappa shape index (κ3) is 4.25. The Morgan fingerprint density at radius 1 is 0.892 bits per heavy atom. The second kappa shape index (κ2) is 9.70. The second-order valence-corrected chi connectivity index (χ2v) is 8.64. The van der Waals surface area contributed by atoms with E-state index >= 15 is 0 Å². The number of aromatic hydroxyl groups is 2. The van der Waals surface area contributed by atoms with Crippen LogP contribution in [0.3, 0.4) is 0 Å². The molecule has 0 bridgehead atoms. The Morgan fingerprint density at radius 2 is 1.62 bits per heavy atom. The molecule has 0 radical (unpaired) electrons. The zero-order valence-electron chi connectivity index (χ0n) is 20.2. The van der Waals surface area contributed by atoms with Gasteiger partial charge in [0.25, 0.3) is 0 Å². The molecule has 1 heterocycles. The van der Waals surface area contributed by atoms with E-state index < -0.39 is 11.9 Å². The molecule has 4 aromatic carbocycles. The highest BCUT2D eigenvalue weighted by Crippen LogP contribution is 2.43. The number of phenolic OH excluding ortho intramolecular Hbond substituents is 2. The van der Waals surface area contributed by atoms with Gasteiger partial charge in [-0.25, -0.2) is 0 Å². The minimum Gasteiger partial charge on any atom is -0.508 e. The highest BCUT2D eigenvalue weighted by atomic mass is 16.5. The Morgan fingerprint density at radius 3 is 2.32 bits per heavy atom. The fraction of sp³-hybridized carbons (Fsp3) is 0.133. The first kappa shape index (κ1) is 23.9. The molecule has 0 spiro atoms. The molecule has 0 saturated heterocycles. The van der Waals surface area contributed by atoms with Gasteiger partial charge in [0.15, 0.2) is 0 Å². The molecule has 0 aliphatic heterocycles. The molecule has 5 rings (SSSR count). The smallest absolute Gasteiger partial charge is 0.306 e. The van der Waals surface area contributed by atoms with Crippen LogP contribution in [-0.4, -0.2) is 30.4 Å². The number of phenols is 2. The van der Waals surface area contributed by atoms with Gasteiger partial charge in [-0.15, -0.1) is 0 Å². The predicted molar refractivity (Wildman–Crippen MR) is 140 cm³/mol. The Bertz CT molecular complexity index is 1680. The number of benzene rings is 4. The Hall–Kier alpha value is -4.78. The summed E-state index contributed by atoms with van der Waals surface area (Å²) in [6.45, 7) is 0. The van der Waals surface area contributed by atoms with Crippen LogP contribution in [0.1, 0.15) is 23.5 Å².